The minimum atomic E-state index is -0.645. The zero-order valence-electron chi connectivity index (χ0n) is 13.6. The minimum Gasteiger partial charge on any atom is -0.383 e. The number of carbonyl (C=O) groups is 2. The molecule has 1 atom stereocenters. The average molecular weight is 376 g/mol. The molecule has 0 radical (unpaired) electrons. The quantitative estimate of drug-likeness (QED) is 0.830. The number of nitrogens with zero attached hydrogens (tertiary/aromatic N) is 2. The van der Waals surface area contributed by atoms with Crippen molar-refractivity contribution in [3.05, 3.63) is 34.9 Å². The highest BCUT2D eigenvalue weighted by Crippen LogP contribution is 2.13. The van der Waals surface area contributed by atoms with E-state index < -0.39 is 6.04 Å². The highest BCUT2D eigenvalue weighted by Gasteiger charge is 2.27. The molecule has 8 heteroatoms. The number of hydrogen-bond donors (Lipinski definition) is 1. The third kappa shape index (κ3) is 5.63. The van der Waals surface area contributed by atoms with E-state index in [1.54, 1.807) is 21.9 Å². The molecule has 2 rings (SSSR count). The van der Waals surface area contributed by atoms with Crippen molar-refractivity contribution < 1.29 is 14.3 Å². The number of carbonyl (C=O) groups excluding carboxylic acids is 2. The Balaban J connectivity index is 0.00000288. The first kappa shape index (κ1) is 20.7. The normalized spacial score (nSPS) is 15.6. The van der Waals surface area contributed by atoms with Gasteiger partial charge in [-0.15, -0.1) is 12.4 Å². The Morgan fingerprint density at radius 1 is 1.25 bits per heavy atom. The zero-order valence-corrected chi connectivity index (χ0v) is 15.2. The molecule has 0 spiro atoms. The monoisotopic (exact) mass is 375 g/mol. The summed E-state index contributed by atoms with van der Waals surface area (Å²) in [7, 11) is 1.51. The van der Waals surface area contributed by atoms with E-state index in [1.165, 1.54) is 7.11 Å². The topological polar surface area (TPSA) is 75.9 Å². The fraction of sp³-hybridized carbons (Fsp3) is 0.500. The Hall–Kier alpha value is -1.34. The molecule has 1 aliphatic heterocycles. The lowest BCUT2D eigenvalue weighted by Gasteiger charge is -2.36. The van der Waals surface area contributed by atoms with Gasteiger partial charge in [-0.2, -0.15) is 0 Å². The van der Waals surface area contributed by atoms with Gasteiger partial charge >= 0.3 is 0 Å². The third-order valence-electron chi connectivity index (χ3n) is 3.85. The molecule has 1 fully saturated rings. The van der Waals surface area contributed by atoms with Crippen LogP contribution in [0.25, 0.3) is 0 Å². The number of rotatable bonds is 5. The highest BCUT2D eigenvalue weighted by atomic mass is 35.5. The van der Waals surface area contributed by atoms with Gasteiger partial charge in [0.2, 0.25) is 11.8 Å². The Morgan fingerprint density at radius 2 is 1.88 bits per heavy atom. The molecule has 1 heterocycles. The predicted octanol–water partition coefficient (Wildman–Crippen LogP) is 0.949. The number of piperazine rings is 1. The van der Waals surface area contributed by atoms with Crippen molar-refractivity contribution in [3.63, 3.8) is 0 Å². The van der Waals surface area contributed by atoms with Gasteiger partial charge in [0.1, 0.15) is 6.04 Å². The molecule has 24 heavy (non-hydrogen) atoms. The van der Waals surface area contributed by atoms with Gasteiger partial charge in [-0.05, 0) is 17.7 Å². The summed E-state index contributed by atoms with van der Waals surface area (Å²) < 4.78 is 4.90. The van der Waals surface area contributed by atoms with E-state index in [2.05, 4.69) is 0 Å². The van der Waals surface area contributed by atoms with Crippen LogP contribution in [-0.2, 0) is 20.7 Å². The second kappa shape index (κ2) is 9.84. The maximum Gasteiger partial charge on any atom is 0.241 e. The summed E-state index contributed by atoms with van der Waals surface area (Å²) in [6.07, 6.45) is 0.317. The third-order valence-corrected chi connectivity index (χ3v) is 4.09. The smallest absolute Gasteiger partial charge is 0.241 e. The molecule has 6 nitrogen and oxygen atoms in total. The highest BCUT2D eigenvalue weighted by molar-refractivity contribution is 6.30. The first-order valence-corrected chi connectivity index (χ1v) is 7.94. The van der Waals surface area contributed by atoms with Gasteiger partial charge in [-0.1, -0.05) is 23.7 Å². The zero-order chi connectivity index (χ0) is 16.8. The first-order chi connectivity index (χ1) is 11.0. The van der Waals surface area contributed by atoms with E-state index in [1.807, 2.05) is 12.1 Å². The van der Waals surface area contributed by atoms with Crippen LogP contribution < -0.4 is 5.73 Å². The lowest BCUT2D eigenvalue weighted by Crippen LogP contribution is -2.55. The molecule has 0 aliphatic carbocycles. The Kier molecular flexibility index (Phi) is 8.48. The summed E-state index contributed by atoms with van der Waals surface area (Å²) in [6, 6.07) is 6.65. The van der Waals surface area contributed by atoms with Crippen molar-refractivity contribution in [2.24, 2.45) is 5.73 Å². The van der Waals surface area contributed by atoms with Gasteiger partial charge < -0.3 is 20.3 Å². The number of amides is 2. The lowest BCUT2D eigenvalue weighted by atomic mass is 10.1. The maximum atomic E-state index is 12.3. The van der Waals surface area contributed by atoms with Gasteiger partial charge in [-0.25, -0.2) is 0 Å². The van der Waals surface area contributed by atoms with Crippen LogP contribution in [0.3, 0.4) is 0 Å². The molecule has 0 aromatic heterocycles. The minimum absolute atomic E-state index is 0. The van der Waals surface area contributed by atoms with Crippen LogP contribution >= 0.6 is 24.0 Å². The molecule has 2 N–H and O–H groups in total. The van der Waals surface area contributed by atoms with E-state index in [4.69, 9.17) is 22.1 Å². The molecular formula is C16H23Cl2N3O3. The lowest BCUT2D eigenvalue weighted by molar-refractivity contribution is -0.140. The van der Waals surface area contributed by atoms with Gasteiger partial charge in [0, 0.05) is 38.3 Å². The fourth-order valence-corrected chi connectivity index (χ4v) is 2.81. The van der Waals surface area contributed by atoms with E-state index >= 15 is 0 Å². The van der Waals surface area contributed by atoms with Crippen LogP contribution in [0.5, 0.6) is 0 Å². The van der Waals surface area contributed by atoms with E-state index in [9.17, 15) is 9.59 Å². The van der Waals surface area contributed by atoms with Crippen LogP contribution in [0.1, 0.15) is 5.56 Å². The number of benzene rings is 1. The molecule has 0 saturated carbocycles. The first-order valence-electron chi connectivity index (χ1n) is 7.57. The number of ether oxygens (including phenoxy) is 1. The Labute approximate surface area is 153 Å². The molecule has 1 aromatic carbocycles. The summed E-state index contributed by atoms with van der Waals surface area (Å²) in [5.41, 5.74) is 6.65. The molecule has 1 aliphatic rings. The number of nitrogens with two attached hydrogens (primary N) is 1. The van der Waals surface area contributed by atoms with Crippen molar-refractivity contribution in [2.75, 3.05) is 39.9 Å². The molecule has 1 saturated heterocycles. The molecule has 2 amide bonds. The van der Waals surface area contributed by atoms with Gasteiger partial charge in [-0.3, -0.25) is 9.59 Å². The Morgan fingerprint density at radius 3 is 2.46 bits per heavy atom. The molecule has 1 aromatic rings. The van der Waals surface area contributed by atoms with Crippen molar-refractivity contribution in [1.29, 1.82) is 0 Å². The summed E-state index contributed by atoms with van der Waals surface area (Å²) in [5.74, 6) is -0.0886. The second-order valence-electron chi connectivity index (χ2n) is 5.57. The van der Waals surface area contributed by atoms with Crippen molar-refractivity contribution in [1.82, 2.24) is 9.80 Å². The number of hydrogen-bond acceptors (Lipinski definition) is 4. The van der Waals surface area contributed by atoms with Gasteiger partial charge in [0.25, 0.3) is 0 Å². The van der Waals surface area contributed by atoms with E-state index in [-0.39, 0.29) is 30.8 Å². The van der Waals surface area contributed by atoms with E-state index in [0.29, 0.717) is 37.6 Å². The van der Waals surface area contributed by atoms with Crippen molar-refractivity contribution in [3.8, 4) is 0 Å². The fourth-order valence-electron chi connectivity index (χ4n) is 2.59. The largest absolute Gasteiger partial charge is 0.383 e. The molecule has 0 bridgehead atoms. The number of halogens is 2. The summed E-state index contributed by atoms with van der Waals surface area (Å²) in [4.78, 5) is 27.9. The van der Waals surface area contributed by atoms with Crippen LogP contribution in [0.4, 0.5) is 0 Å². The number of methoxy groups -OCH3 is 1. The summed E-state index contributed by atoms with van der Waals surface area (Å²) in [6.45, 7) is 2.23. The van der Waals surface area contributed by atoms with Crippen LogP contribution in [-0.4, -0.2) is 67.6 Å². The van der Waals surface area contributed by atoms with Crippen LogP contribution in [0.15, 0.2) is 24.3 Å². The van der Waals surface area contributed by atoms with E-state index in [0.717, 1.165) is 5.56 Å². The predicted molar refractivity (Wildman–Crippen MR) is 95.4 cm³/mol. The van der Waals surface area contributed by atoms with Gasteiger partial charge in [0.05, 0.1) is 13.0 Å². The SMILES string of the molecule is COCC(N)C(=O)N1CCN(C(=O)Cc2cccc(Cl)c2)CC1.Cl. The standard InChI is InChI=1S/C16H22ClN3O3.ClH/c1-23-11-14(18)16(22)20-7-5-19(6-8-20)15(21)10-12-3-2-4-13(17)9-12;/h2-4,9,14H,5-8,10-11,18H2,1H3;1H. The maximum absolute atomic E-state index is 12.3. The summed E-state index contributed by atoms with van der Waals surface area (Å²) in [5, 5.41) is 0.623. The average Bonchev–Trinajstić information content (AvgIpc) is 2.54. The van der Waals surface area contributed by atoms with Crippen LogP contribution in [0.2, 0.25) is 5.02 Å². The van der Waals surface area contributed by atoms with Crippen molar-refractivity contribution >= 4 is 35.8 Å². The molecule has 1 unspecified atom stereocenters. The Bertz CT molecular complexity index is 563. The van der Waals surface area contributed by atoms with Crippen molar-refractivity contribution in [2.45, 2.75) is 12.5 Å². The summed E-state index contributed by atoms with van der Waals surface area (Å²) >= 11 is 5.93. The van der Waals surface area contributed by atoms with Crippen LogP contribution in [0, 0.1) is 0 Å². The molecular weight excluding hydrogens is 353 g/mol. The molecule has 134 valence electrons. The van der Waals surface area contributed by atoms with Gasteiger partial charge in [0.15, 0.2) is 0 Å². The second-order valence-corrected chi connectivity index (χ2v) is 6.01.